The van der Waals surface area contributed by atoms with Crippen LogP contribution in [-0.4, -0.2) is 28.1 Å². The van der Waals surface area contributed by atoms with E-state index in [1.54, 1.807) is 0 Å². The zero-order valence-corrected chi connectivity index (χ0v) is 8.39. The minimum absolute atomic E-state index is 0.0574. The second-order valence-electron chi connectivity index (χ2n) is 3.05. The molecule has 3 saturated heterocycles. The lowest BCUT2D eigenvalue weighted by Crippen LogP contribution is -2.56. The number of carbonyl (C=O) groups is 1. The molecule has 1 unspecified atom stereocenters. The van der Waals surface area contributed by atoms with E-state index in [9.17, 15) is 19.6 Å². The van der Waals surface area contributed by atoms with E-state index >= 15 is 0 Å². The molecule has 0 amide bonds. The van der Waals surface area contributed by atoms with Gasteiger partial charge in [0, 0.05) is 5.57 Å². The van der Waals surface area contributed by atoms with Crippen molar-refractivity contribution in [3.05, 3.63) is 12.2 Å². The number of hydrogen-bond acceptors (Lipinski definition) is 8. The summed E-state index contributed by atoms with van der Waals surface area (Å²) >= 11 is 0. The van der Waals surface area contributed by atoms with Crippen molar-refractivity contribution in [1.82, 2.24) is 0 Å². The summed E-state index contributed by atoms with van der Waals surface area (Å²) in [6.45, 7) is 4.54. The maximum Gasteiger partial charge on any atom is 0.489 e. The molecule has 3 fully saturated rings. The molecule has 0 aromatic carbocycles. The van der Waals surface area contributed by atoms with E-state index in [1.165, 1.54) is 6.92 Å². The van der Waals surface area contributed by atoms with Gasteiger partial charge in [-0.1, -0.05) is 6.58 Å². The summed E-state index contributed by atoms with van der Waals surface area (Å²) in [7, 11) is -3.98. The summed E-state index contributed by atoms with van der Waals surface area (Å²) in [6, 6.07) is 0. The number of esters is 1. The highest BCUT2D eigenvalue weighted by Gasteiger charge is 2.83. The lowest BCUT2D eigenvalue weighted by molar-refractivity contribution is -0.454. The van der Waals surface area contributed by atoms with E-state index in [4.69, 9.17) is 0 Å². The fourth-order valence-electron chi connectivity index (χ4n) is 0.968. The number of phosphoric ester groups is 1. The topological polar surface area (TPSA) is 112 Å². The maximum atomic E-state index is 11.1. The van der Waals surface area contributed by atoms with Gasteiger partial charge in [0.25, 0.3) is 0 Å². The summed E-state index contributed by atoms with van der Waals surface area (Å²) in [5.74, 6) is -6.73. The van der Waals surface area contributed by atoms with E-state index in [0.29, 0.717) is 0 Å². The average molecular weight is 238 g/mol. The molecule has 0 radical (unpaired) electrons. The van der Waals surface area contributed by atoms with Crippen molar-refractivity contribution in [2.75, 3.05) is 0 Å². The van der Waals surface area contributed by atoms with Gasteiger partial charge in [-0.25, -0.2) is 22.9 Å². The second-order valence-corrected chi connectivity index (χ2v) is 4.50. The third kappa shape index (κ3) is 1.35. The van der Waals surface area contributed by atoms with E-state index in [-0.39, 0.29) is 5.57 Å². The Morgan fingerprint density at radius 2 is 1.93 bits per heavy atom. The smallest absolute Gasteiger partial charge is 0.398 e. The Balaban J connectivity index is 2.19. The zero-order chi connectivity index (χ0) is 11.5. The van der Waals surface area contributed by atoms with Crippen molar-refractivity contribution in [3.63, 3.8) is 0 Å². The molecule has 3 aliphatic heterocycles. The lowest BCUT2D eigenvalue weighted by Gasteiger charge is -2.31. The third-order valence-electron chi connectivity index (χ3n) is 1.69. The maximum absolute atomic E-state index is 11.1. The minimum Gasteiger partial charge on any atom is -0.398 e. The van der Waals surface area contributed by atoms with Gasteiger partial charge < -0.3 is 14.9 Å². The van der Waals surface area contributed by atoms with E-state index in [1.807, 2.05) is 0 Å². The molecule has 84 valence electrons. The Kier molecular flexibility index (Phi) is 1.92. The lowest BCUT2D eigenvalue weighted by atomic mass is 10.3. The van der Waals surface area contributed by atoms with Crippen molar-refractivity contribution in [1.29, 1.82) is 0 Å². The Morgan fingerprint density at radius 3 is 2.27 bits per heavy atom. The Labute approximate surface area is 83.6 Å². The highest BCUT2D eigenvalue weighted by atomic mass is 31.2. The van der Waals surface area contributed by atoms with Crippen LogP contribution < -0.4 is 0 Å². The van der Waals surface area contributed by atoms with Crippen LogP contribution in [0.2, 0.25) is 0 Å². The van der Waals surface area contributed by atoms with Crippen LogP contribution in [0.25, 0.3) is 0 Å². The summed E-state index contributed by atoms with van der Waals surface area (Å²) in [4.78, 5) is 11.0. The molecule has 3 aliphatic rings. The molecule has 2 N–H and O–H groups in total. The van der Waals surface area contributed by atoms with Gasteiger partial charge in [0.05, 0.1) is 0 Å². The first-order chi connectivity index (χ1) is 6.70. The second kappa shape index (κ2) is 2.67. The fourth-order valence-corrected chi connectivity index (χ4v) is 2.35. The Hall–Kier alpha value is -0.760. The molecular weight excluding hydrogens is 231 g/mol. The molecule has 0 aromatic rings. The molecule has 3 rings (SSSR count). The molecule has 9 heteroatoms. The van der Waals surface area contributed by atoms with Crippen LogP contribution in [0.15, 0.2) is 12.2 Å². The Bertz CT molecular complexity index is 392. The highest BCUT2D eigenvalue weighted by Crippen LogP contribution is 2.76. The largest absolute Gasteiger partial charge is 0.489 e. The monoisotopic (exact) mass is 238 g/mol. The zero-order valence-electron chi connectivity index (χ0n) is 7.50. The van der Waals surface area contributed by atoms with Crippen LogP contribution in [0.3, 0.4) is 0 Å². The molecule has 8 nitrogen and oxygen atoms in total. The number of phosphoric acid groups is 1. The molecule has 1 atom stereocenters. The molecule has 0 spiro atoms. The number of ether oxygens (including phenoxy) is 1. The Morgan fingerprint density at radius 1 is 1.40 bits per heavy atom. The first-order valence-electron chi connectivity index (χ1n) is 3.76. The van der Waals surface area contributed by atoms with Crippen molar-refractivity contribution in [2.45, 2.75) is 18.9 Å². The molecule has 3 heterocycles. The van der Waals surface area contributed by atoms with Crippen LogP contribution >= 0.6 is 7.82 Å². The van der Waals surface area contributed by atoms with E-state index in [0.717, 1.165) is 0 Å². The van der Waals surface area contributed by atoms with Gasteiger partial charge in [-0.15, -0.1) is 0 Å². The van der Waals surface area contributed by atoms with Crippen LogP contribution in [0.4, 0.5) is 0 Å². The summed E-state index contributed by atoms with van der Waals surface area (Å²) in [6.07, 6.45) is 0. The third-order valence-corrected chi connectivity index (χ3v) is 3.10. The number of aliphatic hydroxyl groups is 2. The minimum atomic E-state index is -3.98. The summed E-state index contributed by atoms with van der Waals surface area (Å²) in [5.41, 5.74) is -0.0574. The highest BCUT2D eigenvalue weighted by molar-refractivity contribution is 7.50. The fraction of sp³-hybridized carbons (Fsp3) is 0.500. The van der Waals surface area contributed by atoms with Crippen LogP contribution in [0.5, 0.6) is 0 Å². The van der Waals surface area contributed by atoms with Crippen LogP contribution in [0.1, 0.15) is 6.92 Å². The predicted molar refractivity (Wildman–Crippen MR) is 41.7 cm³/mol. The summed E-state index contributed by atoms with van der Waals surface area (Å²) in [5, 5.41) is 18.7. The SMILES string of the molecule is C=C(C)C(=O)OC1(O)OP2(=O)OC1(O)O2. The van der Waals surface area contributed by atoms with Crippen molar-refractivity contribution in [2.24, 2.45) is 0 Å². The van der Waals surface area contributed by atoms with Crippen LogP contribution in [0, 0.1) is 0 Å². The van der Waals surface area contributed by atoms with Crippen molar-refractivity contribution < 1.29 is 37.9 Å². The van der Waals surface area contributed by atoms with Crippen molar-refractivity contribution >= 4 is 13.8 Å². The van der Waals surface area contributed by atoms with E-state index < -0.39 is 25.7 Å². The van der Waals surface area contributed by atoms with Gasteiger partial charge in [-0.3, -0.25) is 0 Å². The number of rotatable bonds is 2. The summed E-state index contributed by atoms with van der Waals surface area (Å²) < 4.78 is 28.1. The normalized spacial score (nSPS) is 47.1. The van der Waals surface area contributed by atoms with Gasteiger partial charge in [0.1, 0.15) is 0 Å². The molecular formula is C6H7O8P. The van der Waals surface area contributed by atoms with E-state index in [2.05, 4.69) is 24.9 Å². The van der Waals surface area contributed by atoms with Crippen LogP contribution in [-0.2, 0) is 27.7 Å². The van der Waals surface area contributed by atoms with Gasteiger partial charge in [0.15, 0.2) is 0 Å². The number of carbonyl (C=O) groups excluding carboxylic acids is 1. The molecule has 0 aromatic heterocycles. The predicted octanol–water partition coefficient (Wildman–Crippen LogP) is -0.417. The standard InChI is InChI=1S/C6H7O8P/c1-3(2)4(7)11-5(8)6(9)13-15(10,12-5)14-6/h8-9H,1H2,2H3. The molecule has 15 heavy (non-hydrogen) atoms. The molecule has 0 saturated carbocycles. The number of hydrogen-bond donors (Lipinski definition) is 2. The molecule has 0 aliphatic carbocycles. The quantitative estimate of drug-likeness (QED) is 0.289. The average Bonchev–Trinajstić information content (AvgIpc) is 2.28. The van der Waals surface area contributed by atoms with Gasteiger partial charge in [-0.05, 0) is 6.92 Å². The van der Waals surface area contributed by atoms with Gasteiger partial charge in [-0.2, -0.15) is 0 Å². The number of fused-ring (bicyclic) bond motifs is 1. The van der Waals surface area contributed by atoms with Gasteiger partial charge in [0.2, 0.25) is 0 Å². The molecule has 2 bridgehead atoms. The first-order valence-corrected chi connectivity index (χ1v) is 5.22. The first kappa shape index (κ1) is 10.7. The van der Waals surface area contributed by atoms with Gasteiger partial charge >= 0.3 is 25.7 Å². The van der Waals surface area contributed by atoms with Crippen molar-refractivity contribution in [3.8, 4) is 0 Å².